The van der Waals surface area contributed by atoms with E-state index in [1.165, 1.54) is 0 Å². The first kappa shape index (κ1) is 18.3. The average molecular weight is 355 g/mol. The predicted octanol–water partition coefficient (Wildman–Crippen LogP) is 2.84. The molecule has 2 heterocycles. The first-order chi connectivity index (χ1) is 12.6. The van der Waals surface area contributed by atoms with Gasteiger partial charge >= 0.3 is 5.97 Å². The highest BCUT2D eigenvalue weighted by Crippen LogP contribution is 2.23. The minimum absolute atomic E-state index is 0.0779. The molecule has 1 N–H and O–H groups in total. The van der Waals surface area contributed by atoms with Crippen LogP contribution >= 0.6 is 0 Å². The van der Waals surface area contributed by atoms with E-state index in [1.807, 2.05) is 44.2 Å². The number of fused-ring (bicyclic) bond motifs is 1. The van der Waals surface area contributed by atoms with E-state index < -0.39 is 0 Å². The normalized spacial score (nSPS) is 19.1. The van der Waals surface area contributed by atoms with Gasteiger partial charge in [-0.25, -0.2) is 0 Å². The van der Waals surface area contributed by atoms with Crippen molar-refractivity contribution in [2.24, 2.45) is 5.92 Å². The summed E-state index contributed by atoms with van der Waals surface area (Å²) in [5, 5.41) is 3.93. The predicted molar refractivity (Wildman–Crippen MR) is 101 cm³/mol. The molecule has 3 rings (SSSR count). The van der Waals surface area contributed by atoms with Gasteiger partial charge in [-0.3, -0.25) is 19.5 Å². The average Bonchev–Trinajstić information content (AvgIpc) is 2.68. The van der Waals surface area contributed by atoms with Crippen molar-refractivity contribution in [1.82, 2.24) is 9.88 Å². The molecule has 6 nitrogen and oxygen atoms in total. The second-order valence-electron chi connectivity index (χ2n) is 6.63. The molecule has 2 aromatic rings. The number of benzene rings is 1. The first-order valence-corrected chi connectivity index (χ1v) is 9.15. The van der Waals surface area contributed by atoms with Crippen molar-refractivity contribution in [3.63, 3.8) is 0 Å². The Morgan fingerprint density at radius 1 is 1.35 bits per heavy atom. The number of anilines is 1. The molecule has 1 aromatic carbocycles. The zero-order valence-corrected chi connectivity index (χ0v) is 15.3. The number of piperidine rings is 1. The first-order valence-electron chi connectivity index (χ1n) is 9.15. The van der Waals surface area contributed by atoms with E-state index in [1.54, 1.807) is 6.20 Å². The molecule has 138 valence electrons. The third-order valence-electron chi connectivity index (χ3n) is 4.90. The topological polar surface area (TPSA) is 71.5 Å². The molecule has 0 saturated carbocycles. The molecule has 26 heavy (non-hydrogen) atoms. The van der Waals surface area contributed by atoms with Crippen molar-refractivity contribution in [3.8, 4) is 0 Å². The molecule has 1 amide bonds. The lowest BCUT2D eigenvalue weighted by Crippen LogP contribution is -2.48. The lowest BCUT2D eigenvalue weighted by atomic mass is 9.97. The summed E-state index contributed by atoms with van der Waals surface area (Å²) in [7, 11) is 0. The van der Waals surface area contributed by atoms with Gasteiger partial charge in [0.15, 0.2) is 0 Å². The Hall–Kier alpha value is -2.47. The molecule has 0 spiro atoms. The fourth-order valence-electron chi connectivity index (χ4n) is 3.43. The van der Waals surface area contributed by atoms with Crippen molar-refractivity contribution in [2.75, 3.05) is 25.0 Å². The Balaban J connectivity index is 1.68. The number of aromatic nitrogens is 1. The molecule has 2 unspecified atom stereocenters. The van der Waals surface area contributed by atoms with E-state index >= 15 is 0 Å². The lowest BCUT2D eigenvalue weighted by Gasteiger charge is -2.35. The number of carbonyl (C=O) groups excluding carboxylic acids is 2. The Kier molecular flexibility index (Phi) is 5.83. The number of hydrogen-bond acceptors (Lipinski definition) is 5. The van der Waals surface area contributed by atoms with Gasteiger partial charge in [0.05, 0.1) is 29.8 Å². The van der Waals surface area contributed by atoms with E-state index in [0.29, 0.717) is 13.2 Å². The minimum atomic E-state index is -0.320. The molecule has 1 fully saturated rings. The molecular formula is C20H25N3O3. The van der Waals surface area contributed by atoms with Crippen LogP contribution in [-0.2, 0) is 14.3 Å². The summed E-state index contributed by atoms with van der Waals surface area (Å²) in [4.78, 5) is 31.2. The van der Waals surface area contributed by atoms with Crippen LogP contribution in [0.15, 0.2) is 36.5 Å². The smallest absolute Gasteiger partial charge is 0.310 e. The van der Waals surface area contributed by atoms with Gasteiger partial charge in [-0.1, -0.05) is 6.07 Å². The number of nitrogens with zero attached hydrogens (tertiary/aromatic N) is 2. The second-order valence-corrected chi connectivity index (χ2v) is 6.63. The summed E-state index contributed by atoms with van der Waals surface area (Å²) < 4.78 is 5.14. The third kappa shape index (κ3) is 4.02. The van der Waals surface area contributed by atoms with Crippen molar-refractivity contribution >= 4 is 28.5 Å². The monoisotopic (exact) mass is 355 g/mol. The summed E-state index contributed by atoms with van der Waals surface area (Å²) in [5.41, 5.74) is 1.60. The molecule has 2 atom stereocenters. The van der Waals surface area contributed by atoms with Crippen LogP contribution in [-0.4, -0.2) is 47.5 Å². The zero-order chi connectivity index (χ0) is 18.5. The minimum Gasteiger partial charge on any atom is -0.466 e. The molecule has 1 aliphatic heterocycles. The number of ether oxygens (including phenoxy) is 1. The van der Waals surface area contributed by atoms with Crippen LogP contribution in [0.4, 0.5) is 5.69 Å². The molecular weight excluding hydrogens is 330 g/mol. The number of esters is 1. The summed E-state index contributed by atoms with van der Waals surface area (Å²) >= 11 is 0. The zero-order valence-electron chi connectivity index (χ0n) is 15.3. The number of likely N-dealkylation sites (tertiary alicyclic amines) is 1. The van der Waals surface area contributed by atoms with Crippen LogP contribution in [0.2, 0.25) is 0 Å². The van der Waals surface area contributed by atoms with Gasteiger partial charge in [0, 0.05) is 18.1 Å². The van der Waals surface area contributed by atoms with E-state index in [-0.39, 0.29) is 23.8 Å². The van der Waals surface area contributed by atoms with Crippen molar-refractivity contribution in [2.45, 2.75) is 32.7 Å². The Labute approximate surface area is 153 Å². The SMILES string of the molecule is CCOC(=O)C1CCCN(C(C)C(=O)Nc2cccc3ncccc23)C1. The summed E-state index contributed by atoms with van der Waals surface area (Å²) in [6, 6.07) is 9.16. The van der Waals surface area contributed by atoms with Crippen LogP contribution < -0.4 is 5.32 Å². The Morgan fingerprint density at radius 3 is 3.00 bits per heavy atom. The van der Waals surface area contributed by atoms with Crippen LogP contribution in [0, 0.1) is 5.92 Å². The Bertz CT molecular complexity index is 787. The quantitative estimate of drug-likeness (QED) is 0.835. The Morgan fingerprint density at radius 2 is 2.19 bits per heavy atom. The number of nitrogens with one attached hydrogen (secondary N) is 1. The van der Waals surface area contributed by atoms with Gasteiger partial charge in [0.2, 0.25) is 5.91 Å². The van der Waals surface area contributed by atoms with Gasteiger partial charge in [0.25, 0.3) is 0 Å². The maximum absolute atomic E-state index is 12.8. The highest BCUT2D eigenvalue weighted by atomic mass is 16.5. The highest BCUT2D eigenvalue weighted by molar-refractivity contribution is 6.02. The molecule has 6 heteroatoms. The molecule has 0 radical (unpaired) electrons. The maximum Gasteiger partial charge on any atom is 0.310 e. The molecule has 0 bridgehead atoms. The number of hydrogen-bond donors (Lipinski definition) is 1. The van der Waals surface area contributed by atoms with Crippen LogP contribution in [0.5, 0.6) is 0 Å². The van der Waals surface area contributed by atoms with Gasteiger partial charge in [-0.15, -0.1) is 0 Å². The van der Waals surface area contributed by atoms with E-state index in [9.17, 15) is 9.59 Å². The summed E-state index contributed by atoms with van der Waals surface area (Å²) in [6.07, 6.45) is 3.44. The summed E-state index contributed by atoms with van der Waals surface area (Å²) in [6.45, 7) is 5.45. The van der Waals surface area contributed by atoms with Gasteiger partial charge in [-0.2, -0.15) is 0 Å². The van der Waals surface area contributed by atoms with Crippen LogP contribution in [0.25, 0.3) is 10.9 Å². The van der Waals surface area contributed by atoms with Gasteiger partial charge in [0.1, 0.15) is 0 Å². The van der Waals surface area contributed by atoms with E-state index in [2.05, 4.69) is 15.2 Å². The highest BCUT2D eigenvalue weighted by Gasteiger charge is 2.31. The van der Waals surface area contributed by atoms with Gasteiger partial charge in [-0.05, 0) is 57.5 Å². The number of rotatable bonds is 5. The largest absolute Gasteiger partial charge is 0.466 e. The molecule has 1 aromatic heterocycles. The third-order valence-corrected chi connectivity index (χ3v) is 4.90. The van der Waals surface area contributed by atoms with Crippen molar-refractivity contribution in [1.29, 1.82) is 0 Å². The van der Waals surface area contributed by atoms with Crippen molar-refractivity contribution in [3.05, 3.63) is 36.5 Å². The van der Waals surface area contributed by atoms with Crippen LogP contribution in [0.1, 0.15) is 26.7 Å². The maximum atomic E-state index is 12.8. The fraction of sp³-hybridized carbons (Fsp3) is 0.450. The van der Waals surface area contributed by atoms with Gasteiger partial charge < -0.3 is 10.1 Å². The molecule has 1 saturated heterocycles. The van der Waals surface area contributed by atoms with Crippen molar-refractivity contribution < 1.29 is 14.3 Å². The fourth-order valence-corrected chi connectivity index (χ4v) is 3.43. The van der Waals surface area contributed by atoms with E-state index in [4.69, 9.17) is 4.74 Å². The number of amides is 1. The second kappa shape index (κ2) is 8.27. The number of pyridine rings is 1. The lowest BCUT2D eigenvalue weighted by molar-refractivity contribution is -0.150. The van der Waals surface area contributed by atoms with E-state index in [0.717, 1.165) is 36.0 Å². The standard InChI is InChI=1S/C20H25N3O3/c1-3-26-20(25)15-7-6-12-23(13-15)14(2)19(24)22-18-10-4-9-17-16(18)8-5-11-21-17/h4-5,8-11,14-15H,3,6-7,12-13H2,1-2H3,(H,22,24). The molecule has 1 aliphatic rings. The summed E-state index contributed by atoms with van der Waals surface area (Å²) in [5.74, 6) is -0.392. The molecule has 0 aliphatic carbocycles. The number of carbonyl (C=O) groups is 2. The van der Waals surface area contributed by atoms with Crippen LogP contribution in [0.3, 0.4) is 0 Å².